The summed E-state index contributed by atoms with van der Waals surface area (Å²) in [5, 5.41) is 9.63. The molecule has 0 amide bonds. The van der Waals surface area contributed by atoms with Crippen molar-refractivity contribution in [3.05, 3.63) is 36.5 Å². The molecule has 0 bridgehead atoms. The van der Waals surface area contributed by atoms with Gasteiger partial charge in [-0.1, -0.05) is 179 Å². The van der Waals surface area contributed by atoms with Crippen LogP contribution >= 0.6 is 0 Å². The van der Waals surface area contributed by atoms with Gasteiger partial charge in [-0.25, -0.2) is 4.79 Å². The predicted molar refractivity (Wildman–Crippen MR) is 244 cm³/mol. The van der Waals surface area contributed by atoms with Crippen molar-refractivity contribution >= 4 is 17.9 Å². The van der Waals surface area contributed by atoms with Gasteiger partial charge in [-0.15, -0.1) is 0 Å². The molecule has 0 aliphatic rings. The highest BCUT2D eigenvalue weighted by atomic mass is 16.7. The first-order valence-corrected chi connectivity index (χ1v) is 24.2. The number of rotatable bonds is 44. The normalized spacial score (nSPS) is 13.2. The first-order chi connectivity index (χ1) is 28.6. The van der Waals surface area contributed by atoms with Crippen LogP contribution in [-0.2, 0) is 33.3 Å². The molecule has 0 fully saturated rings. The van der Waals surface area contributed by atoms with Crippen molar-refractivity contribution in [3.8, 4) is 0 Å². The van der Waals surface area contributed by atoms with Gasteiger partial charge in [0.1, 0.15) is 13.2 Å². The summed E-state index contributed by atoms with van der Waals surface area (Å²) in [7, 11) is 5.95. The third-order valence-corrected chi connectivity index (χ3v) is 10.4. The lowest BCUT2D eigenvalue weighted by Crippen LogP contribution is -2.40. The van der Waals surface area contributed by atoms with Crippen molar-refractivity contribution < 1.29 is 42.9 Å². The van der Waals surface area contributed by atoms with E-state index < -0.39 is 24.3 Å². The number of allylic oxidation sites excluding steroid dienone is 6. The average molecular weight is 835 g/mol. The van der Waals surface area contributed by atoms with Crippen molar-refractivity contribution in [3.63, 3.8) is 0 Å². The van der Waals surface area contributed by atoms with E-state index in [1.54, 1.807) is 0 Å². The zero-order chi connectivity index (χ0) is 43.5. The number of carboxylic acids is 1. The van der Waals surface area contributed by atoms with E-state index in [1.807, 2.05) is 21.1 Å². The van der Waals surface area contributed by atoms with Crippen LogP contribution in [0.15, 0.2) is 36.5 Å². The Labute approximate surface area is 362 Å². The first-order valence-electron chi connectivity index (χ1n) is 24.2. The molecule has 344 valence electrons. The Morgan fingerprint density at radius 2 is 0.915 bits per heavy atom. The van der Waals surface area contributed by atoms with Crippen LogP contribution in [0.5, 0.6) is 0 Å². The zero-order valence-corrected chi connectivity index (χ0v) is 38.9. The molecule has 0 spiro atoms. The van der Waals surface area contributed by atoms with E-state index in [4.69, 9.17) is 18.9 Å². The fraction of sp³-hybridized carbons (Fsp3) is 0.820. The molecule has 0 aliphatic heterocycles. The Balaban J connectivity index is 4.25. The number of esters is 2. The number of carbonyl (C=O) groups excluding carboxylic acids is 2. The molecule has 0 saturated heterocycles. The van der Waals surface area contributed by atoms with Crippen LogP contribution in [-0.4, -0.2) is 87.4 Å². The lowest BCUT2D eigenvalue weighted by Gasteiger charge is -2.25. The van der Waals surface area contributed by atoms with Gasteiger partial charge in [0.25, 0.3) is 6.29 Å². The average Bonchev–Trinajstić information content (AvgIpc) is 3.19. The van der Waals surface area contributed by atoms with E-state index >= 15 is 0 Å². The monoisotopic (exact) mass is 835 g/mol. The van der Waals surface area contributed by atoms with Crippen LogP contribution in [0, 0.1) is 0 Å². The Morgan fingerprint density at radius 1 is 0.508 bits per heavy atom. The molecule has 9 heteroatoms. The minimum Gasteiger partial charge on any atom is -0.477 e. The second-order valence-corrected chi connectivity index (χ2v) is 17.4. The Kier molecular flexibility index (Phi) is 40.4. The van der Waals surface area contributed by atoms with Crippen molar-refractivity contribution in [2.45, 2.75) is 219 Å². The highest BCUT2D eigenvalue weighted by Gasteiger charge is 2.25. The second-order valence-electron chi connectivity index (χ2n) is 17.4. The van der Waals surface area contributed by atoms with E-state index in [2.05, 4.69) is 50.3 Å². The fourth-order valence-electron chi connectivity index (χ4n) is 6.61. The molecule has 2 unspecified atom stereocenters. The van der Waals surface area contributed by atoms with Crippen LogP contribution in [0.1, 0.15) is 206 Å². The Morgan fingerprint density at radius 3 is 1.36 bits per heavy atom. The van der Waals surface area contributed by atoms with Gasteiger partial charge in [0.05, 0.1) is 34.4 Å². The van der Waals surface area contributed by atoms with Crippen molar-refractivity contribution in [1.82, 2.24) is 0 Å². The minimum atomic E-state index is -1.51. The van der Waals surface area contributed by atoms with Crippen LogP contribution in [0.2, 0.25) is 0 Å². The standard InChI is InChI=1S/C50H91NO8/c1-6-8-10-12-14-16-17-18-19-20-21-22-23-24-25-26-27-28-29-30-31-33-35-37-39-41-48(53)59-46(45-58-50(49(54)55)56-43-42-51(3,4)5)44-57-47(52)40-38-36-34-32-15-13-11-9-7-2/h17-18,20-21,23-24,46,50H,6-16,19,22,25-45H2,1-5H3/p+1/b18-17-,21-20-,24-23-. The molecule has 0 aromatic rings. The van der Waals surface area contributed by atoms with Gasteiger partial charge in [-0.05, 0) is 51.4 Å². The summed E-state index contributed by atoms with van der Waals surface area (Å²) in [6.07, 6.45) is 45.0. The third-order valence-electron chi connectivity index (χ3n) is 10.4. The number of aliphatic carboxylic acids is 1. The maximum absolute atomic E-state index is 12.8. The Hall–Kier alpha value is -2.49. The molecule has 0 aromatic heterocycles. The van der Waals surface area contributed by atoms with Crippen LogP contribution in [0.4, 0.5) is 0 Å². The lowest BCUT2D eigenvalue weighted by molar-refractivity contribution is -0.870. The molecule has 0 heterocycles. The number of ether oxygens (including phenoxy) is 4. The maximum atomic E-state index is 12.8. The van der Waals surface area contributed by atoms with Gasteiger partial charge in [0.15, 0.2) is 6.10 Å². The first kappa shape index (κ1) is 56.5. The Bertz CT molecular complexity index is 1070. The molecule has 0 aliphatic carbocycles. The van der Waals surface area contributed by atoms with Crippen LogP contribution < -0.4 is 0 Å². The SMILES string of the molecule is CCCCCCC/C=C\C/C=C\C/C=C\CCCCCCCCCCCCC(=O)OC(COC(=O)CCCCCCCCCCC)COC(OCC[N+](C)(C)C)C(=O)O. The van der Waals surface area contributed by atoms with Crippen molar-refractivity contribution in [1.29, 1.82) is 0 Å². The molecule has 1 N–H and O–H groups in total. The molecule has 0 saturated carbocycles. The number of hydrogen-bond acceptors (Lipinski definition) is 7. The van der Waals surface area contributed by atoms with E-state index in [1.165, 1.54) is 122 Å². The summed E-state index contributed by atoms with van der Waals surface area (Å²) in [4.78, 5) is 37.0. The van der Waals surface area contributed by atoms with Gasteiger partial charge in [-0.2, -0.15) is 0 Å². The molecule has 59 heavy (non-hydrogen) atoms. The van der Waals surface area contributed by atoms with Crippen molar-refractivity contribution in [2.75, 3.05) is 47.5 Å². The van der Waals surface area contributed by atoms with E-state index in [0.717, 1.165) is 57.8 Å². The van der Waals surface area contributed by atoms with E-state index in [-0.39, 0.29) is 32.2 Å². The quantitative estimate of drug-likeness (QED) is 0.0213. The topological polar surface area (TPSA) is 108 Å². The summed E-state index contributed by atoms with van der Waals surface area (Å²) in [5.74, 6) is -2.01. The van der Waals surface area contributed by atoms with Gasteiger partial charge in [-0.3, -0.25) is 9.59 Å². The maximum Gasteiger partial charge on any atom is 0.361 e. The van der Waals surface area contributed by atoms with Gasteiger partial charge in [0, 0.05) is 12.8 Å². The minimum absolute atomic E-state index is 0.181. The number of quaternary nitrogens is 1. The zero-order valence-electron chi connectivity index (χ0n) is 38.9. The van der Waals surface area contributed by atoms with Gasteiger partial charge in [0.2, 0.25) is 0 Å². The summed E-state index contributed by atoms with van der Waals surface area (Å²) in [5.41, 5.74) is 0. The number of likely N-dealkylation sites (N-methyl/N-ethyl adjacent to an activating group) is 1. The molecular formula is C50H92NO8+. The highest BCUT2D eigenvalue weighted by molar-refractivity contribution is 5.71. The molecule has 0 radical (unpaired) electrons. The number of carbonyl (C=O) groups is 3. The predicted octanol–water partition coefficient (Wildman–Crippen LogP) is 13.0. The molecule has 9 nitrogen and oxygen atoms in total. The summed E-state index contributed by atoms with van der Waals surface area (Å²) >= 11 is 0. The number of carboxylic acid groups (broad SMARTS) is 1. The molecular weight excluding hydrogens is 743 g/mol. The molecule has 2 atom stereocenters. The van der Waals surface area contributed by atoms with E-state index in [9.17, 15) is 19.5 Å². The number of nitrogens with zero attached hydrogens (tertiary/aromatic N) is 1. The van der Waals surface area contributed by atoms with E-state index in [0.29, 0.717) is 17.4 Å². The van der Waals surface area contributed by atoms with Gasteiger partial charge < -0.3 is 28.5 Å². The molecule has 0 aromatic carbocycles. The van der Waals surface area contributed by atoms with Crippen LogP contribution in [0.3, 0.4) is 0 Å². The highest BCUT2D eigenvalue weighted by Crippen LogP contribution is 2.15. The second kappa shape index (κ2) is 42.2. The number of unbranched alkanes of at least 4 members (excludes halogenated alkanes) is 23. The summed E-state index contributed by atoms with van der Waals surface area (Å²) in [6, 6.07) is 0. The number of hydrogen-bond donors (Lipinski definition) is 1. The fourth-order valence-corrected chi connectivity index (χ4v) is 6.61. The largest absolute Gasteiger partial charge is 0.477 e. The summed E-state index contributed by atoms with van der Waals surface area (Å²) in [6.45, 7) is 4.84. The molecule has 0 rings (SSSR count). The smallest absolute Gasteiger partial charge is 0.361 e. The summed E-state index contributed by atoms with van der Waals surface area (Å²) < 4.78 is 22.7. The lowest BCUT2D eigenvalue weighted by atomic mass is 10.0. The third kappa shape index (κ3) is 43.4. The van der Waals surface area contributed by atoms with Gasteiger partial charge >= 0.3 is 17.9 Å². The van der Waals surface area contributed by atoms with Crippen molar-refractivity contribution in [2.24, 2.45) is 0 Å². The van der Waals surface area contributed by atoms with Crippen LogP contribution in [0.25, 0.3) is 0 Å².